The van der Waals surface area contributed by atoms with E-state index in [1.54, 1.807) is 0 Å². The normalized spacial score (nSPS) is 11.9. The topological polar surface area (TPSA) is 61.7 Å². The molecule has 12 aromatic rings. The van der Waals surface area contributed by atoms with Crippen molar-refractivity contribution in [1.82, 2.24) is 24.1 Å². The summed E-state index contributed by atoms with van der Waals surface area (Å²) in [7, 11) is 0. The fourth-order valence-electron chi connectivity index (χ4n) is 8.68. The molecule has 0 unspecified atom stereocenters. The van der Waals surface area contributed by atoms with Crippen molar-refractivity contribution < 1.29 is 4.42 Å². The van der Waals surface area contributed by atoms with Crippen LogP contribution in [0.2, 0.25) is 0 Å². The van der Waals surface area contributed by atoms with Crippen LogP contribution in [0.4, 0.5) is 0 Å². The van der Waals surface area contributed by atoms with E-state index in [2.05, 4.69) is 179 Å². The minimum Gasteiger partial charge on any atom is -0.454 e. The predicted molar refractivity (Wildman–Crippen MR) is 232 cm³/mol. The van der Waals surface area contributed by atoms with Crippen molar-refractivity contribution in [3.8, 4) is 45.5 Å². The number of para-hydroxylation sites is 4. The molecular weight excluding hydrogens is 699 g/mol. The van der Waals surface area contributed by atoms with Gasteiger partial charge in [-0.15, -0.1) is 0 Å². The summed E-state index contributed by atoms with van der Waals surface area (Å²) >= 11 is 0. The lowest BCUT2D eigenvalue weighted by Crippen LogP contribution is -2.06. The van der Waals surface area contributed by atoms with Gasteiger partial charge < -0.3 is 8.98 Å². The van der Waals surface area contributed by atoms with Gasteiger partial charge in [0.2, 0.25) is 5.95 Å². The molecule has 6 nitrogen and oxygen atoms in total. The predicted octanol–water partition coefficient (Wildman–Crippen LogP) is 13.0. The fourth-order valence-corrected chi connectivity index (χ4v) is 8.68. The lowest BCUT2D eigenvalue weighted by molar-refractivity contribution is 0.671. The summed E-state index contributed by atoms with van der Waals surface area (Å²) < 4.78 is 11.4. The first-order valence-electron chi connectivity index (χ1n) is 19.1. The maximum atomic E-state index is 6.92. The van der Waals surface area contributed by atoms with E-state index in [1.807, 2.05) is 18.2 Å². The summed E-state index contributed by atoms with van der Waals surface area (Å²) in [4.78, 5) is 15.9. The van der Waals surface area contributed by atoms with Crippen molar-refractivity contribution in [2.24, 2.45) is 0 Å². The summed E-state index contributed by atoms with van der Waals surface area (Å²) in [5.74, 6) is 1.71. The molecule has 0 bridgehead atoms. The minimum absolute atomic E-state index is 0.550. The molecule has 0 aliphatic heterocycles. The average Bonchev–Trinajstić information content (AvgIpc) is 3.95. The third kappa shape index (κ3) is 4.81. The van der Waals surface area contributed by atoms with E-state index in [1.165, 1.54) is 5.39 Å². The second kappa shape index (κ2) is 12.3. The molecule has 0 saturated carbocycles. The second-order valence-corrected chi connectivity index (χ2v) is 14.4. The quantitative estimate of drug-likeness (QED) is 0.177. The summed E-state index contributed by atoms with van der Waals surface area (Å²) in [5, 5.41) is 6.56. The summed E-state index contributed by atoms with van der Waals surface area (Å²) in [5.41, 5.74) is 10.9. The highest BCUT2D eigenvalue weighted by atomic mass is 16.3. The van der Waals surface area contributed by atoms with Gasteiger partial charge >= 0.3 is 0 Å². The van der Waals surface area contributed by atoms with Crippen molar-refractivity contribution in [3.63, 3.8) is 0 Å². The number of furan rings is 1. The van der Waals surface area contributed by atoms with E-state index < -0.39 is 0 Å². The first-order chi connectivity index (χ1) is 28.3. The largest absolute Gasteiger partial charge is 0.454 e. The van der Waals surface area contributed by atoms with E-state index in [-0.39, 0.29) is 0 Å². The van der Waals surface area contributed by atoms with Gasteiger partial charge in [-0.3, -0.25) is 4.57 Å². The molecule has 0 radical (unpaired) electrons. The molecule has 0 atom stereocenters. The molecule has 57 heavy (non-hydrogen) atoms. The zero-order valence-corrected chi connectivity index (χ0v) is 30.5. The van der Waals surface area contributed by atoms with Gasteiger partial charge in [-0.05, 0) is 59.7 Å². The highest BCUT2D eigenvalue weighted by Gasteiger charge is 2.23. The Kier molecular flexibility index (Phi) is 6.83. The molecule has 8 aromatic carbocycles. The molecule has 0 saturated heterocycles. The van der Waals surface area contributed by atoms with Crippen LogP contribution in [0.15, 0.2) is 192 Å². The second-order valence-electron chi connectivity index (χ2n) is 14.4. The standard InChI is InChI=1S/C51H31N5O/c1-3-15-32(16-4-1)33-17-13-18-34(31-33)49-52-50(54-51(53-49)56-43-26-11-7-21-36(43)37-22-8-12-27-44(37)56)41-24-14-28-45-46(41)40-30-29-39-38-23-9-10-25-42(38)55(47(39)48(40)57-45)35-19-5-2-6-20-35/h1-31H. The third-order valence-corrected chi connectivity index (χ3v) is 11.2. The molecular formula is C51H31N5O. The molecule has 0 fully saturated rings. The Hall–Kier alpha value is -7.83. The number of aromatic nitrogens is 5. The molecule has 6 heteroatoms. The molecule has 266 valence electrons. The molecule has 0 aliphatic rings. The monoisotopic (exact) mass is 729 g/mol. The van der Waals surface area contributed by atoms with E-state index in [0.29, 0.717) is 17.6 Å². The maximum Gasteiger partial charge on any atom is 0.238 e. The van der Waals surface area contributed by atoms with Crippen LogP contribution in [0, 0.1) is 0 Å². The van der Waals surface area contributed by atoms with Gasteiger partial charge in [-0.25, -0.2) is 4.98 Å². The fraction of sp³-hybridized carbons (Fsp3) is 0. The zero-order valence-electron chi connectivity index (χ0n) is 30.5. The molecule has 0 aliphatic carbocycles. The summed E-state index contributed by atoms with van der Waals surface area (Å²) in [6, 6.07) is 65.4. The number of hydrogen-bond donors (Lipinski definition) is 0. The van der Waals surface area contributed by atoms with Gasteiger partial charge in [0, 0.05) is 49.1 Å². The van der Waals surface area contributed by atoms with Crippen LogP contribution < -0.4 is 0 Å². The van der Waals surface area contributed by atoms with Gasteiger partial charge in [-0.2, -0.15) is 9.97 Å². The lowest BCUT2D eigenvalue weighted by Gasteiger charge is -2.12. The zero-order chi connectivity index (χ0) is 37.5. The van der Waals surface area contributed by atoms with Crippen LogP contribution in [0.3, 0.4) is 0 Å². The number of nitrogens with zero attached hydrogens (tertiary/aromatic N) is 5. The maximum absolute atomic E-state index is 6.92. The molecule has 0 amide bonds. The van der Waals surface area contributed by atoms with Crippen LogP contribution in [0.5, 0.6) is 0 Å². The van der Waals surface area contributed by atoms with Crippen molar-refractivity contribution in [1.29, 1.82) is 0 Å². The molecule has 4 heterocycles. The Morgan fingerprint density at radius 2 is 0.947 bits per heavy atom. The van der Waals surface area contributed by atoms with Crippen molar-refractivity contribution >= 4 is 65.6 Å². The highest BCUT2D eigenvalue weighted by molar-refractivity contribution is 6.23. The number of benzene rings is 8. The van der Waals surface area contributed by atoms with E-state index in [0.717, 1.165) is 88.1 Å². The van der Waals surface area contributed by atoms with Crippen LogP contribution >= 0.6 is 0 Å². The Labute approximate surface area is 326 Å². The molecule has 12 rings (SSSR count). The van der Waals surface area contributed by atoms with Crippen LogP contribution in [0.1, 0.15) is 0 Å². The first-order valence-corrected chi connectivity index (χ1v) is 19.1. The first kappa shape index (κ1) is 31.5. The number of rotatable bonds is 5. The third-order valence-electron chi connectivity index (χ3n) is 11.2. The smallest absolute Gasteiger partial charge is 0.238 e. The van der Waals surface area contributed by atoms with Crippen LogP contribution in [-0.4, -0.2) is 24.1 Å². The summed E-state index contributed by atoms with van der Waals surface area (Å²) in [6.45, 7) is 0. The molecule has 0 N–H and O–H groups in total. The van der Waals surface area contributed by atoms with Gasteiger partial charge in [0.1, 0.15) is 5.58 Å². The minimum atomic E-state index is 0.550. The Balaban J connectivity index is 1.15. The van der Waals surface area contributed by atoms with Gasteiger partial charge in [0.25, 0.3) is 0 Å². The lowest BCUT2D eigenvalue weighted by atomic mass is 10.0. The summed E-state index contributed by atoms with van der Waals surface area (Å²) in [6.07, 6.45) is 0. The van der Waals surface area contributed by atoms with Crippen molar-refractivity contribution in [2.75, 3.05) is 0 Å². The number of fused-ring (bicyclic) bond motifs is 10. The molecule has 0 spiro atoms. The van der Waals surface area contributed by atoms with E-state index >= 15 is 0 Å². The SMILES string of the molecule is c1ccc(-c2cccc(-c3nc(-c4cccc5oc6c(ccc7c8ccccc8n(-c8ccccc8)c76)c45)nc(-n4c5ccccc5c5ccccc54)n3)c2)cc1. The highest BCUT2D eigenvalue weighted by Crippen LogP contribution is 2.43. The Bertz CT molecular complexity index is 3470. The average molecular weight is 730 g/mol. The number of hydrogen-bond acceptors (Lipinski definition) is 4. The van der Waals surface area contributed by atoms with E-state index in [4.69, 9.17) is 19.4 Å². The Morgan fingerprint density at radius 1 is 0.386 bits per heavy atom. The van der Waals surface area contributed by atoms with Crippen LogP contribution in [0.25, 0.3) is 111 Å². The van der Waals surface area contributed by atoms with Crippen molar-refractivity contribution in [3.05, 3.63) is 188 Å². The van der Waals surface area contributed by atoms with Crippen molar-refractivity contribution in [2.45, 2.75) is 0 Å². The van der Waals surface area contributed by atoms with Crippen LogP contribution in [-0.2, 0) is 0 Å². The van der Waals surface area contributed by atoms with Gasteiger partial charge in [-0.1, -0.05) is 140 Å². The van der Waals surface area contributed by atoms with Gasteiger partial charge in [0.15, 0.2) is 17.2 Å². The van der Waals surface area contributed by atoms with E-state index in [9.17, 15) is 0 Å². The molecule has 4 aromatic heterocycles. The Morgan fingerprint density at radius 3 is 1.68 bits per heavy atom. The van der Waals surface area contributed by atoms with Gasteiger partial charge in [0.05, 0.1) is 22.1 Å².